The van der Waals surface area contributed by atoms with Gasteiger partial charge in [-0.15, -0.1) is 0 Å². The summed E-state index contributed by atoms with van der Waals surface area (Å²) in [7, 11) is 0. The lowest BCUT2D eigenvalue weighted by Crippen LogP contribution is -2.03. The molecule has 0 bridgehead atoms. The van der Waals surface area contributed by atoms with E-state index in [4.69, 9.17) is 5.11 Å². The predicted octanol–water partition coefficient (Wildman–Crippen LogP) is 0.716. The van der Waals surface area contributed by atoms with Gasteiger partial charge in [-0.25, -0.2) is 0 Å². The molecular weight excluding hydrogens is 166 g/mol. The standard InChI is InChI=1S/C10H11NO2/c12-5-4-7-2-1-3-9-8(7)6-10(13)11-9/h1-3,12H,4-6H2,(H,11,13). The summed E-state index contributed by atoms with van der Waals surface area (Å²) < 4.78 is 0. The van der Waals surface area contributed by atoms with Crippen molar-refractivity contribution in [1.29, 1.82) is 0 Å². The Labute approximate surface area is 76.4 Å². The maximum atomic E-state index is 11.1. The van der Waals surface area contributed by atoms with Gasteiger partial charge in [0.05, 0.1) is 6.42 Å². The number of carbonyl (C=O) groups excluding carboxylic acids is 1. The summed E-state index contributed by atoms with van der Waals surface area (Å²) in [5.74, 6) is 0.0420. The van der Waals surface area contributed by atoms with Gasteiger partial charge in [0.25, 0.3) is 0 Å². The van der Waals surface area contributed by atoms with E-state index in [2.05, 4.69) is 5.32 Å². The van der Waals surface area contributed by atoms with Crippen molar-refractivity contribution in [2.75, 3.05) is 11.9 Å². The highest BCUT2D eigenvalue weighted by Crippen LogP contribution is 2.26. The summed E-state index contributed by atoms with van der Waals surface area (Å²) >= 11 is 0. The van der Waals surface area contributed by atoms with Gasteiger partial charge in [0.15, 0.2) is 0 Å². The maximum absolute atomic E-state index is 11.1. The minimum Gasteiger partial charge on any atom is -0.396 e. The monoisotopic (exact) mass is 177 g/mol. The van der Waals surface area contributed by atoms with Crippen molar-refractivity contribution >= 4 is 11.6 Å². The van der Waals surface area contributed by atoms with Crippen LogP contribution in [0.25, 0.3) is 0 Å². The van der Waals surface area contributed by atoms with Crippen LogP contribution in [-0.2, 0) is 17.6 Å². The number of fused-ring (bicyclic) bond motifs is 1. The van der Waals surface area contributed by atoms with Crippen molar-refractivity contribution in [3.05, 3.63) is 29.3 Å². The van der Waals surface area contributed by atoms with Gasteiger partial charge in [-0.05, 0) is 23.6 Å². The third kappa shape index (κ3) is 1.42. The van der Waals surface area contributed by atoms with Gasteiger partial charge in [0, 0.05) is 12.3 Å². The van der Waals surface area contributed by atoms with Crippen molar-refractivity contribution in [2.24, 2.45) is 0 Å². The number of aliphatic hydroxyl groups excluding tert-OH is 1. The summed E-state index contributed by atoms with van der Waals surface area (Å²) in [6.45, 7) is 0.130. The van der Waals surface area contributed by atoms with Crippen molar-refractivity contribution in [1.82, 2.24) is 0 Å². The number of amides is 1. The van der Waals surface area contributed by atoms with Gasteiger partial charge >= 0.3 is 0 Å². The number of hydrogen-bond acceptors (Lipinski definition) is 2. The third-order valence-electron chi connectivity index (χ3n) is 2.27. The zero-order chi connectivity index (χ0) is 9.26. The van der Waals surface area contributed by atoms with Gasteiger partial charge in [0.2, 0.25) is 5.91 Å². The molecule has 0 atom stereocenters. The summed E-state index contributed by atoms with van der Waals surface area (Å²) in [6.07, 6.45) is 1.07. The molecule has 1 aromatic carbocycles. The largest absolute Gasteiger partial charge is 0.396 e. The van der Waals surface area contributed by atoms with Crippen LogP contribution in [0.15, 0.2) is 18.2 Å². The van der Waals surface area contributed by atoms with E-state index in [1.54, 1.807) is 0 Å². The van der Waals surface area contributed by atoms with Gasteiger partial charge in [-0.1, -0.05) is 12.1 Å². The van der Waals surface area contributed by atoms with E-state index in [1.807, 2.05) is 18.2 Å². The minimum atomic E-state index is 0.0420. The van der Waals surface area contributed by atoms with Crippen LogP contribution in [0.5, 0.6) is 0 Å². The molecule has 1 heterocycles. The molecule has 0 aromatic heterocycles. The Bertz CT molecular complexity index is 347. The zero-order valence-electron chi connectivity index (χ0n) is 7.21. The molecule has 0 spiro atoms. The van der Waals surface area contributed by atoms with Crippen LogP contribution >= 0.6 is 0 Å². The van der Waals surface area contributed by atoms with Crippen LogP contribution in [0, 0.1) is 0 Å². The Morgan fingerprint density at radius 3 is 3.08 bits per heavy atom. The molecule has 1 aromatic rings. The smallest absolute Gasteiger partial charge is 0.228 e. The Kier molecular flexibility index (Phi) is 2.02. The number of rotatable bonds is 2. The van der Waals surface area contributed by atoms with Gasteiger partial charge < -0.3 is 10.4 Å². The van der Waals surface area contributed by atoms with Crippen molar-refractivity contribution in [3.8, 4) is 0 Å². The molecule has 1 aliphatic heterocycles. The number of hydrogen-bond donors (Lipinski definition) is 2. The molecule has 0 fully saturated rings. The molecule has 3 heteroatoms. The molecule has 13 heavy (non-hydrogen) atoms. The van der Waals surface area contributed by atoms with Crippen LogP contribution in [0.1, 0.15) is 11.1 Å². The fraction of sp³-hybridized carbons (Fsp3) is 0.300. The van der Waals surface area contributed by atoms with E-state index in [0.29, 0.717) is 12.8 Å². The molecule has 0 saturated carbocycles. The first-order chi connectivity index (χ1) is 6.31. The molecule has 0 saturated heterocycles. The average molecular weight is 177 g/mol. The third-order valence-corrected chi connectivity index (χ3v) is 2.27. The summed E-state index contributed by atoms with van der Waals surface area (Å²) in [4.78, 5) is 11.1. The molecule has 3 nitrogen and oxygen atoms in total. The normalized spacial score (nSPS) is 14.1. The molecule has 0 aliphatic carbocycles. The minimum absolute atomic E-state index is 0.0420. The second-order valence-electron chi connectivity index (χ2n) is 3.14. The summed E-state index contributed by atoms with van der Waals surface area (Å²) in [6, 6.07) is 5.74. The van der Waals surface area contributed by atoms with Crippen molar-refractivity contribution in [2.45, 2.75) is 12.8 Å². The Morgan fingerprint density at radius 2 is 2.31 bits per heavy atom. The number of anilines is 1. The van der Waals surface area contributed by atoms with E-state index in [9.17, 15) is 4.79 Å². The summed E-state index contributed by atoms with van der Waals surface area (Å²) in [5, 5.41) is 11.6. The fourth-order valence-electron chi connectivity index (χ4n) is 1.67. The highest BCUT2D eigenvalue weighted by molar-refractivity contribution is 5.99. The SMILES string of the molecule is O=C1Cc2c(CCO)cccc2N1. The first-order valence-corrected chi connectivity index (χ1v) is 4.33. The fourth-order valence-corrected chi connectivity index (χ4v) is 1.67. The molecule has 1 amide bonds. The number of carbonyl (C=O) groups is 1. The highest BCUT2D eigenvalue weighted by Gasteiger charge is 2.19. The first kappa shape index (κ1) is 8.26. The molecule has 0 radical (unpaired) electrons. The van der Waals surface area contributed by atoms with E-state index in [0.717, 1.165) is 16.8 Å². The Morgan fingerprint density at radius 1 is 1.46 bits per heavy atom. The Hall–Kier alpha value is -1.35. The molecule has 2 rings (SSSR count). The highest BCUT2D eigenvalue weighted by atomic mass is 16.3. The number of benzene rings is 1. The number of nitrogens with one attached hydrogen (secondary N) is 1. The predicted molar refractivity (Wildman–Crippen MR) is 49.6 cm³/mol. The van der Waals surface area contributed by atoms with Crippen LogP contribution in [-0.4, -0.2) is 17.6 Å². The molecule has 68 valence electrons. The zero-order valence-corrected chi connectivity index (χ0v) is 7.21. The van der Waals surface area contributed by atoms with Crippen LogP contribution in [0.2, 0.25) is 0 Å². The van der Waals surface area contributed by atoms with Crippen LogP contribution < -0.4 is 5.32 Å². The lowest BCUT2D eigenvalue weighted by molar-refractivity contribution is -0.115. The lowest BCUT2D eigenvalue weighted by atomic mass is 10.0. The molecular formula is C10H11NO2. The first-order valence-electron chi connectivity index (χ1n) is 4.33. The Balaban J connectivity index is 2.39. The van der Waals surface area contributed by atoms with Gasteiger partial charge in [0.1, 0.15) is 0 Å². The topological polar surface area (TPSA) is 49.3 Å². The van der Waals surface area contributed by atoms with Gasteiger partial charge in [-0.2, -0.15) is 0 Å². The van der Waals surface area contributed by atoms with Crippen molar-refractivity contribution < 1.29 is 9.90 Å². The second kappa shape index (κ2) is 3.18. The van der Waals surface area contributed by atoms with E-state index >= 15 is 0 Å². The average Bonchev–Trinajstić information content (AvgIpc) is 2.47. The van der Waals surface area contributed by atoms with Crippen LogP contribution in [0.3, 0.4) is 0 Å². The molecule has 0 unspecified atom stereocenters. The quantitative estimate of drug-likeness (QED) is 0.699. The number of aliphatic hydroxyl groups is 1. The molecule has 1 aliphatic rings. The van der Waals surface area contributed by atoms with Crippen molar-refractivity contribution in [3.63, 3.8) is 0 Å². The van der Waals surface area contributed by atoms with E-state index < -0.39 is 0 Å². The van der Waals surface area contributed by atoms with Crippen LogP contribution in [0.4, 0.5) is 5.69 Å². The van der Waals surface area contributed by atoms with E-state index in [1.165, 1.54) is 0 Å². The van der Waals surface area contributed by atoms with Gasteiger partial charge in [-0.3, -0.25) is 4.79 Å². The van der Waals surface area contributed by atoms with E-state index in [-0.39, 0.29) is 12.5 Å². The molecule has 2 N–H and O–H groups in total. The lowest BCUT2D eigenvalue weighted by Gasteiger charge is -2.04. The maximum Gasteiger partial charge on any atom is 0.228 e. The summed E-state index contributed by atoms with van der Waals surface area (Å²) in [5.41, 5.74) is 3.01. The second-order valence-corrected chi connectivity index (χ2v) is 3.14.